The first-order valence-electron chi connectivity index (χ1n) is 7.44. The quantitative estimate of drug-likeness (QED) is 0.767. The molecule has 0 saturated heterocycles. The fraction of sp³-hybridized carbons (Fsp3) is 1.00. The first kappa shape index (κ1) is 15.0. The van der Waals surface area contributed by atoms with Gasteiger partial charge in [-0.2, -0.15) is 0 Å². The van der Waals surface area contributed by atoms with Crippen molar-refractivity contribution in [3.63, 3.8) is 0 Å². The van der Waals surface area contributed by atoms with E-state index >= 15 is 0 Å². The van der Waals surface area contributed by atoms with Gasteiger partial charge < -0.3 is 10.2 Å². The maximum atomic E-state index is 3.62. The summed E-state index contributed by atoms with van der Waals surface area (Å²) in [5.41, 5.74) is 0. The smallest absolute Gasteiger partial charge is 0.0107 e. The third-order valence-corrected chi connectivity index (χ3v) is 4.46. The van der Waals surface area contributed by atoms with E-state index in [2.05, 4.69) is 45.0 Å². The molecule has 0 aromatic rings. The molecule has 1 saturated carbocycles. The van der Waals surface area contributed by atoms with E-state index in [1.807, 2.05) is 0 Å². The molecule has 2 heteroatoms. The molecule has 0 amide bonds. The third kappa shape index (κ3) is 5.39. The van der Waals surface area contributed by atoms with Gasteiger partial charge in [-0.25, -0.2) is 0 Å². The molecule has 0 aromatic carbocycles. The van der Waals surface area contributed by atoms with Gasteiger partial charge in [-0.1, -0.05) is 33.6 Å². The predicted octanol–water partition coefficient (Wildman–Crippen LogP) is 3.13. The minimum atomic E-state index is 0.633. The summed E-state index contributed by atoms with van der Waals surface area (Å²) in [7, 11) is 2.30. The number of hydrogen-bond donors (Lipinski definition) is 1. The second-order valence-electron chi connectivity index (χ2n) is 6.39. The van der Waals surface area contributed by atoms with E-state index in [0.29, 0.717) is 6.04 Å². The van der Waals surface area contributed by atoms with Gasteiger partial charge in [-0.05, 0) is 38.6 Å². The Bertz CT molecular complexity index is 203. The number of nitrogens with one attached hydrogen (secondary N) is 1. The normalized spacial score (nSPS) is 27.7. The summed E-state index contributed by atoms with van der Waals surface area (Å²) in [5.74, 6) is 1.66. The molecular weight excluding hydrogens is 208 g/mol. The van der Waals surface area contributed by atoms with E-state index in [1.54, 1.807) is 0 Å². The number of hydrogen-bond acceptors (Lipinski definition) is 2. The lowest BCUT2D eigenvalue weighted by Gasteiger charge is -2.34. The molecule has 1 aliphatic carbocycles. The van der Waals surface area contributed by atoms with E-state index in [1.165, 1.54) is 32.2 Å². The van der Waals surface area contributed by atoms with Crippen molar-refractivity contribution in [3.05, 3.63) is 0 Å². The summed E-state index contributed by atoms with van der Waals surface area (Å²) in [4.78, 5) is 2.57. The average Bonchev–Trinajstić information content (AvgIpc) is 2.28. The Morgan fingerprint density at radius 2 is 1.94 bits per heavy atom. The van der Waals surface area contributed by atoms with Crippen LogP contribution in [0.2, 0.25) is 0 Å². The fourth-order valence-electron chi connectivity index (χ4n) is 2.69. The van der Waals surface area contributed by atoms with Gasteiger partial charge in [0.15, 0.2) is 0 Å². The van der Waals surface area contributed by atoms with E-state index in [4.69, 9.17) is 0 Å². The summed E-state index contributed by atoms with van der Waals surface area (Å²) in [6.07, 6.45) is 5.66. The molecule has 0 heterocycles. The van der Waals surface area contributed by atoms with Crippen molar-refractivity contribution in [2.75, 3.05) is 20.1 Å². The van der Waals surface area contributed by atoms with Crippen LogP contribution < -0.4 is 5.32 Å². The van der Waals surface area contributed by atoms with Gasteiger partial charge in [-0.15, -0.1) is 0 Å². The molecule has 1 aliphatic rings. The molecule has 3 unspecified atom stereocenters. The summed E-state index contributed by atoms with van der Waals surface area (Å²) in [5, 5.41) is 3.62. The monoisotopic (exact) mass is 240 g/mol. The average molecular weight is 240 g/mol. The molecular formula is C15H32N2. The molecule has 0 aromatic heterocycles. The highest BCUT2D eigenvalue weighted by atomic mass is 15.1. The van der Waals surface area contributed by atoms with Crippen LogP contribution in [0, 0.1) is 11.8 Å². The van der Waals surface area contributed by atoms with Crippen LogP contribution in [0.5, 0.6) is 0 Å². The van der Waals surface area contributed by atoms with Crippen molar-refractivity contribution in [2.24, 2.45) is 11.8 Å². The SMILES string of the molecule is CC1CCCC(N(C)CCNC(C)C(C)C)C1. The zero-order chi connectivity index (χ0) is 12.8. The Labute approximate surface area is 108 Å². The third-order valence-electron chi connectivity index (χ3n) is 4.46. The minimum Gasteiger partial charge on any atom is -0.313 e. The van der Waals surface area contributed by atoms with E-state index in [0.717, 1.165) is 24.4 Å². The van der Waals surface area contributed by atoms with Gasteiger partial charge in [0.1, 0.15) is 0 Å². The van der Waals surface area contributed by atoms with E-state index in [9.17, 15) is 0 Å². The van der Waals surface area contributed by atoms with Crippen molar-refractivity contribution in [3.8, 4) is 0 Å². The molecule has 0 spiro atoms. The van der Waals surface area contributed by atoms with Crippen molar-refractivity contribution in [1.82, 2.24) is 10.2 Å². The molecule has 17 heavy (non-hydrogen) atoms. The van der Waals surface area contributed by atoms with Gasteiger partial charge in [0.2, 0.25) is 0 Å². The highest BCUT2D eigenvalue weighted by molar-refractivity contribution is 4.77. The number of likely N-dealkylation sites (N-methyl/N-ethyl adjacent to an activating group) is 1. The zero-order valence-corrected chi connectivity index (χ0v) is 12.5. The van der Waals surface area contributed by atoms with Crippen LogP contribution in [-0.4, -0.2) is 37.1 Å². The summed E-state index contributed by atoms with van der Waals surface area (Å²) >= 11 is 0. The number of nitrogens with zero attached hydrogens (tertiary/aromatic N) is 1. The zero-order valence-electron chi connectivity index (χ0n) is 12.5. The maximum absolute atomic E-state index is 3.62. The lowest BCUT2D eigenvalue weighted by molar-refractivity contribution is 0.162. The van der Waals surface area contributed by atoms with Crippen molar-refractivity contribution in [1.29, 1.82) is 0 Å². The van der Waals surface area contributed by atoms with Crippen LogP contribution in [0.3, 0.4) is 0 Å². The highest BCUT2D eigenvalue weighted by Crippen LogP contribution is 2.26. The fourth-order valence-corrected chi connectivity index (χ4v) is 2.69. The second-order valence-corrected chi connectivity index (χ2v) is 6.39. The first-order valence-corrected chi connectivity index (χ1v) is 7.44. The topological polar surface area (TPSA) is 15.3 Å². The summed E-state index contributed by atoms with van der Waals surface area (Å²) < 4.78 is 0. The highest BCUT2D eigenvalue weighted by Gasteiger charge is 2.21. The van der Waals surface area contributed by atoms with E-state index < -0.39 is 0 Å². The Morgan fingerprint density at radius 1 is 1.24 bits per heavy atom. The molecule has 0 aliphatic heterocycles. The lowest BCUT2D eigenvalue weighted by atomic mass is 9.86. The standard InChI is InChI=1S/C15H32N2/c1-12(2)14(4)16-9-10-17(5)15-8-6-7-13(3)11-15/h12-16H,6-11H2,1-5H3. The first-order chi connectivity index (χ1) is 8.00. The largest absolute Gasteiger partial charge is 0.313 e. The van der Waals surface area contributed by atoms with Crippen LogP contribution in [0.4, 0.5) is 0 Å². The van der Waals surface area contributed by atoms with Crippen LogP contribution >= 0.6 is 0 Å². The van der Waals surface area contributed by atoms with Crippen LogP contribution in [-0.2, 0) is 0 Å². The van der Waals surface area contributed by atoms with Crippen molar-refractivity contribution < 1.29 is 0 Å². The Morgan fingerprint density at radius 3 is 2.53 bits per heavy atom. The van der Waals surface area contributed by atoms with Gasteiger partial charge in [-0.3, -0.25) is 0 Å². The van der Waals surface area contributed by atoms with Gasteiger partial charge in [0.05, 0.1) is 0 Å². The summed E-state index contributed by atoms with van der Waals surface area (Å²) in [6.45, 7) is 11.6. The predicted molar refractivity (Wildman–Crippen MR) is 76.4 cm³/mol. The van der Waals surface area contributed by atoms with Gasteiger partial charge in [0, 0.05) is 25.2 Å². The molecule has 3 atom stereocenters. The summed E-state index contributed by atoms with van der Waals surface area (Å²) in [6, 6.07) is 1.46. The van der Waals surface area contributed by atoms with Crippen molar-refractivity contribution >= 4 is 0 Å². The molecule has 102 valence electrons. The van der Waals surface area contributed by atoms with E-state index in [-0.39, 0.29) is 0 Å². The molecule has 1 N–H and O–H groups in total. The van der Waals surface area contributed by atoms with Crippen LogP contribution in [0.25, 0.3) is 0 Å². The Kier molecular flexibility index (Phi) is 6.50. The van der Waals surface area contributed by atoms with Gasteiger partial charge in [0.25, 0.3) is 0 Å². The molecule has 1 fully saturated rings. The molecule has 1 rings (SSSR count). The van der Waals surface area contributed by atoms with Gasteiger partial charge >= 0.3 is 0 Å². The lowest BCUT2D eigenvalue weighted by Crippen LogP contribution is -2.42. The Hall–Kier alpha value is -0.0800. The minimum absolute atomic E-state index is 0.633. The van der Waals surface area contributed by atoms with Crippen molar-refractivity contribution in [2.45, 2.75) is 65.5 Å². The second kappa shape index (κ2) is 7.38. The molecule has 0 bridgehead atoms. The van der Waals surface area contributed by atoms with Crippen LogP contribution in [0.15, 0.2) is 0 Å². The molecule has 0 radical (unpaired) electrons. The Balaban J connectivity index is 2.18. The van der Waals surface area contributed by atoms with Crippen LogP contribution in [0.1, 0.15) is 53.4 Å². The molecule has 2 nitrogen and oxygen atoms in total. The maximum Gasteiger partial charge on any atom is 0.0107 e. The number of rotatable bonds is 6.